The Bertz CT molecular complexity index is 1000. The number of nitrogens with one attached hydrogen (secondary N) is 1. The van der Waals surface area contributed by atoms with Crippen LogP contribution in [0.3, 0.4) is 0 Å². The van der Waals surface area contributed by atoms with Crippen molar-refractivity contribution in [3.63, 3.8) is 0 Å². The number of benzene rings is 1. The third-order valence-electron chi connectivity index (χ3n) is 4.03. The van der Waals surface area contributed by atoms with Gasteiger partial charge in [-0.3, -0.25) is 10.1 Å². The van der Waals surface area contributed by atoms with E-state index < -0.39 is 0 Å². The van der Waals surface area contributed by atoms with E-state index in [1.165, 1.54) is 23.1 Å². The van der Waals surface area contributed by atoms with Gasteiger partial charge in [0.2, 0.25) is 11.0 Å². The van der Waals surface area contributed by atoms with Crippen LogP contribution < -0.4 is 14.8 Å². The lowest BCUT2D eigenvalue weighted by Gasteiger charge is -2.12. The average molecular weight is 449 g/mol. The van der Waals surface area contributed by atoms with Crippen molar-refractivity contribution < 1.29 is 14.3 Å². The average Bonchev–Trinajstić information content (AvgIpc) is 3.32. The molecule has 0 spiro atoms. The number of thioether (sulfide) groups is 1. The normalized spacial score (nSPS) is 10.8. The number of carbonyl (C=O) groups excluding carboxylic acids is 1. The molecule has 1 N–H and O–H groups in total. The Morgan fingerprint density at radius 2 is 2.00 bits per heavy atom. The summed E-state index contributed by atoms with van der Waals surface area (Å²) < 4.78 is 13.3. The lowest BCUT2D eigenvalue weighted by molar-refractivity contribution is -0.113. The molecule has 2 aromatic heterocycles. The zero-order valence-corrected chi connectivity index (χ0v) is 19.0. The van der Waals surface area contributed by atoms with E-state index >= 15 is 0 Å². The van der Waals surface area contributed by atoms with Crippen molar-refractivity contribution in [2.24, 2.45) is 7.05 Å². The third kappa shape index (κ3) is 5.70. The van der Waals surface area contributed by atoms with Crippen LogP contribution in [-0.4, -0.2) is 43.2 Å². The monoisotopic (exact) mass is 448 g/mol. The van der Waals surface area contributed by atoms with Gasteiger partial charge in [0.05, 0.1) is 12.4 Å². The van der Waals surface area contributed by atoms with Gasteiger partial charge in [-0.2, -0.15) is 0 Å². The van der Waals surface area contributed by atoms with Gasteiger partial charge in [0, 0.05) is 7.05 Å². The maximum atomic E-state index is 12.1. The molecule has 0 fully saturated rings. The molecule has 160 valence electrons. The largest absolute Gasteiger partial charge is 0.490 e. The van der Waals surface area contributed by atoms with Crippen LogP contribution in [0, 0.1) is 6.92 Å². The highest BCUT2D eigenvalue weighted by Gasteiger charge is 2.14. The Labute approximate surface area is 183 Å². The number of hydrogen-bond acceptors (Lipinski definition) is 9. The highest BCUT2D eigenvalue weighted by molar-refractivity contribution is 7.99. The van der Waals surface area contributed by atoms with Gasteiger partial charge in [-0.05, 0) is 38.0 Å². The first-order chi connectivity index (χ1) is 14.5. The second-order valence-corrected chi connectivity index (χ2v) is 8.33. The molecule has 3 aromatic rings. The fraction of sp³-hybridized carbons (Fsp3) is 0.421. The van der Waals surface area contributed by atoms with Crippen LogP contribution in [0.4, 0.5) is 5.13 Å². The summed E-state index contributed by atoms with van der Waals surface area (Å²) in [5.74, 6) is 2.04. The molecule has 1 aromatic carbocycles. The molecule has 0 aliphatic carbocycles. The number of aryl methyl sites for hydroxylation is 2. The van der Waals surface area contributed by atoms with Crippen molar-refractivity contribution in [1.29, 1.82) is 0 Å². The Kier molecular flexibility index (Phi) is 7.63. The van der Waals surface area contributed by atoms with Crippen LogP contribution in [0.2, 0.25) is 0 Å². The Morgan fingerprint density at radius 3 is 2.73 bits per heavy atom. The van der Waals surface area contributed by atoms with E-state index in [9.17, 15) is 4.79 Å². The number of amides is 1. The highest BCUT2D eigenvalue weighted by Crippen LogP contribution is 2.29. The standard InChI is InChI=1S/C19H24N6O3S2/c1-5-17-22-23-18(30-17)20-16(26)11-29-19-24-21-15(25(19)4)10-28-13-8-7-12(3)9-14(13)27-6-2/h7-9H,5-6,10-11H2,1-4H3,(H,20,23,26). The summed E-state index contributed by atoms with van der Waals surface area (Å²) in [6, 6.07) is 5.79. The minimum Gasteiger partial charge on any atom is -0.490 e. The summed E-state index contributed by atoms with van der Waals surface area (Å²) in [5.41, 5.74) is 1.10. The van der Waals surface area contributed by atoms with Crippen molar-refractivity contribution >= 4 is 34.1 Å². The van der Waals surface area contributed by atoms with Crippen molar-refractivity contribution in [3.05, 3.63) is 34.6 Å². The summed E-state index contributed by atoms with van der Waals surface area (Å²) in [6.07, 6.45) is 0.792. The minimum absolute atomic E-state index is 0.166. The summed E-state index contributed by atoms with van der Waals surface area (Å²) in [5, 5.41) is 21.0. The number of rotatable bonds is 10. The zero-order chi connectivity index (χ0) is 21.5. The highest BCUT2D eigenvalue weighted by atomic mass is 32.2. The first-order valence-electron chi connectivity index (χ1n) is 9.49. The summed E-state index contributed by atoms with van der Waals surface area (Å²) in [7, 11) is 1.84. The molecule has 1 amide bonds. The fourth-order valence-corrected chi connectivity index (χ4v) is 3.90. The van der Waals surface area contributed by atoms with Gasteiger partial charge in [0.1, 0.15) is 11.6 Å². The van der Waals surface area contributed by atoms with E-state index in [0.717, 1.165) is 17.0 Å². The molecule has 0 aliphatic heterocycles. The first-order valence-corrected chi connectivity index (χ1v) is 11.3. The van der Waals surface area contributed by atoms with E-state index in [4.69, 9.17) is 9.47 Å². The molecule has 0 atom stereocenters. The van der Waals surface area contributed by atoms with Crippen LogP contribution in [0.15, 0.2) is 23.4 Å². The second-order valence-electron chi connectivity index (χ2n) is 6.32. The Morgan fingerprint density at radius 1 is 1.17 bits per heavy atom. The van der Waals surface area contributed by atoms with Gasteiger partial charge >= 0.3 is 0 Å². The second kappa shape index (κ2) is 10.4. The van der Waals surface area contributed by atoms with Crippen molar-refractivity contribution in [1.82, 2.24) is 25.0 Å². The van der Waals surface area contributed by atoms with E-state index in [1.54, 1.807) is 0 Å². The minimum atomic E-state index is -0.166. The molecule has 0 saturated carbocycles. The maximum absolute atomic E-state index is 12.1. The van der Waals surface area contributed by atoms with Crippen LogP contribution >= 0.6 is 23.1 Å². The molecule has 0 saturated heterocycles. The van der Waals surface area contributed by atoms with Crippen LogP contribution in [0.1, 0.15) is 30.2 Å². The van der Waals surface area contributed by atoms with Gasteiger partial charge in [0.15, 0.2) is 22.5 Å². The molecular formula is C19H24N6O3S2. The fourth-order valence-electron chi connectivity index (χ4n) is 2.47. The molecule has 2 heterocycles. The predicted molar refractivity (Wildman–Crippen MR) is 116 cm³/mol. The summed E-state index contributed by atoms with van der Waals surface area (Å²) in [6.45, 7) is 6.73. The first kappa shape index (κ1) is 22.0. The number of carbonyl (C=O) groups is 1. The SMILES string of the molecule is CCOc1cc(C)ccc1OCc1nnc(SCC(=O)Nc2nnc(CC)s2)n1C. The van der Waals surface area contributed by atoms with E-state index in [-0.39, 0.29) is 18.3 Å². The number of ether oxygens (including phenoxy) is 2. The van der Waals surface area contributed by atoms with Gasteiger partial charge in [-0.1, -0.05) is 36.1 Å². The van der Waals surface area contributed by atoms with Crippen molar-refractivity contribution in [2.75, 3.05) is 17.7 Å². The lowest BCUT2D eigenvalue weighted by Crippen LogP contribution is -2.14. The molecule has 9 nitrogen and oxygen atoms in total. The number of hydrogen-bond donors (Lipinski definition) is 1. The van der Waals surface area contributed by atoms with Crippen LogP contribution in [0.25, 0.3) is 0 Å². The number of nitrogens with zero attached hydrogens (tertiary/aromatic N) is 5. The summed E-state index contributed by atoms with van der Waals surface area (Å²) >= 11 is 2.67. The Hall–Kier alpha value is -2.66. The molecule has 30 heavy (non-hydrogen) atoms. The van der Waals surface area contributed by atoms with Crippen LogP contribution in [0.5, 0.6) is 11.5 Å². The van der Waals surface area contributed by atoms with Crippen LogP contribution in [-0.2, 0) is 24.9 Å². The van der Waals surface area contributed by atoms with Gasteiger partial charge in [-0.25, -0.2) is 0 Å². The molecule has 0 bridgehead atoms. The van der Waals surface area contributed by atoms with Crippen molar-refractivity contribution in [2.45, 2.75) is 39.0 Å². The van der Waals surface area contributed by atoms with E-state index in [0.29, 0.717) is 34.2 Å². The van der Waals surface area contributed by atoms with Gasteiger partial charge in [0.25, 0.3) is 0 Å². The molecule has 3 rings (SSSR count). The number of aromatic nitrogens is 5. The number of anilines is 1. The molecule has 0 aliphatic rings. The van der Waals surface area contributed by atoms with Crippen molar-refractivity contribution in [3.8, 4) is 11.5 Å². The van der Waals surface area contributed by atoms with E-state index in [1.807, 2.05) is 50.6 Å². The maximum Gasteiger partial charge on any atom is 0.236 e. The molecule has 0 unspecified atom stereocenters. The third-order valence-corrected chi connectivity index (χ3v) is 6.03. The smallest absolute Gasteiger partial charge is 0.236 e. The van der Waals surface area contributed by atoms with E-state index in [2.05, 4.69) is 25.7 Å². The summed E-state index contributed by atoms with van der Waals surface area (Å²) in [4.78, 5) is 12.1. The predicted octanol–water partition coefficient (Wildman–Crippen LogP) is 3.25. The zero-order valence-electron chi connectivity index (χ0n) is 17.3. The topological polar surface area (TPSA) is 104 Å². The molecule has 0 radical (unpaired) electrons. The molecule has 11 heteroatoms. The Balaban J connectivity index is 1.55. The molecular weight excluding hydrogens is 424 g/mol. The van der Waals surface area contributed by atoms with Gasteiger partial charge in [-0.15, -0.1) is 20.4 Å². The lowest BCUT2D eigenvalue weighted by atomic mass is 10.2. The van der Waals surface area contributed by atoms with Gasteiger partial charge < -0.3 is 14.0 Å². The quantitative estimate of drug-likeness (QED) is 0.472.